The Morgan fingerprint density at radius 1 is 1.29 bits per heavy atom. The van der Waals surface area contributed by atoms with Crippen LogP contribution in [-0.4, -0.2) is 44.7 Å². The Balaban J connectivity index is 1.36. The maximum absolute atomic E-state index is 13.0. The van der Waals surface area contributed by atoms with E-state index in [0.717, 1.165) is 11.3 Å². The summed E-state index contributed by atoms with van der Waals surface area (Å²) in [6.07, 6.45) is 4.48. The SMILES string of the molecule is Cc1csc(Sc2ccc(C(=O)N3CCC(C(=O)NCc4cccnc4)CC3)cc2[N+](=O)[O-])n1. The van der Waals surface area contributed by atoms with Crippen molar-refractivity contribution < 1.29 is 14.5 Å². The normalized spacial score (nSPS) is 14.1. The zero-order valence-electron chi connectivity index (χ0n) is 18.5. The van der Waals surface area contributed by atoms with Crippen molar-refractivity contribution in [2.75, 3.05) is 13.1 Å². The number of rotatable bonds is 7. The Hall–Kier alpha value is -3.31. The Morgan fingerprint density at radius 3 is 2.74 bits per heavy atom. The number of thiazole rings is 1. The van der Waals surface area contributed by atoms with E-state index in [1.807, 2.05) is 24.4 Å². The highest BCUT2D eigenvalue weighted by Gasteiger charge is 2.29. The van der Waals surface area contributed by atoms with Crippen LogP contribution in [0.5, 0.6) is 0 Å². The van der Waals surface area contributed by atoms with Gasteiger partial charge in [0.25, 0.3) is 11.6 Å². The highest BCUT2D eigenvalue weighted by Crippen LogP contribution is 2.37. The molecule has 3 aromatic rings. The number of hydrogen-bond acceptors (Lipinski definition) is 8. The standard InChI is InChI=1S/C23H23N5O4S2/c1-15-14-33-23(26-15)34-20-5-4-18(11-19(20)28(31)32)22(30)27-9-6-17(7-10-27)21(29)25-13-16-3-2-8-24-12-16/h2-5,8,11-12,14,17H,6-7,9-10,13H2,1H3,(H,25,29). The topological polar surface area (TPSA) is 118 Å². The molecule has 1 N–H and O–H groups in total. The van der Waals surface area contributed by atoms with Gasteiger partial charge in [-0.3, -0.25) is 24.7 Å². The van der Waals surface area contributed by atoms with E-state index in [4.69, 9.17) is 0 Å². The molecule has 0 radical (unpaired) electrons. The highest BCUT2D eigenvalue weighted by atomic mass is 32.2. The monoisotopic (exact) mass is 497 g/mol. The van der Waals surface area contributed by atoms with Crippen LogP contribution < -0.4 is 5.32 Å². The predicted molar refractivity (Wildman–Crippen MR) is 129 cm³/mol. The quantitative estimate of drug-likeness (QED) is 0.386. The zero-order chi connectivity index (χ0) is 24.1. The Bertz CT molecular complexity index is 1190. The van der Waals surface area contributed by atoms with Gasteiger partial charge in [-0.1, -0.05) is 17.8 Å². The number of benzene rings is 1. The summed E-state index contributed by atoms with van der Waals surface area (Å²) in [7, 11) is 0. The van der Waals surface area contributed by atoms with Crippen LogP contribution in [0, 0.1) is 23.0 Å². The number of carbonyl (C=O) groups excluding carboxylic acids is 2. The van der Waals surface area contributed by atoms with E-state index >= 15 is 0 Å². The van der Waals surface area contributed by atoms with Crippen molar-refractivity contribution in [3.8, 4) is 0 Å². The van der Waals surface area contributed by atoms with Gasteiger partial charge in [0, 0.05) is 60.6 Å². The molecule has 1 fully saturated rings. The fourth-order valence-electron chi connectivity index (χ4n) is 3.72. The summed E-state index contributed by atoms with van der Waals surface area (Å²) < 4.78 is 0.712. The van der Waals surface area contributed by atoms with Gasteiger partial charge in [-0.15, -0.1) is 11.3 Å². The molecule has 1 aromatic carbocycles. The van der Waals surface area contributed by atoms with Crippen molar-refractivity contribution in [2.24, 2.45) is 5.92 Å². The van der Waals surface area contributed by atoms with Gasteiger partial charge in [-0.2, -0.15) is 0 Å². The molecular weight excluding hydrogens is 474 g/mol. The molecule has 34 heavy (non-hydrogen) atoms. The molecule has 0 spiro atoms. The number of hydrogen-bond donors (Lipinski definition) is 1. The molecule has 0 atom stereocenters. The third-order valence-corrected chi connectivity index (χ3v) is 7.66. The molecule has 0 unspecified atom stereocenters. The molecule has 0 saturated carbocycles. The molecule has 1 aliphatic rings. The fourth-order valence-corrected chi connectivity index (χ4v) is 5.60. The van der Waals surface area contributed by atoms with E-state index in [1.165, 1.54) is 29.2 Å². The van der Waals surface area contributed by atoms with Crippen LogP contribution in [0.1, 0.15) is 34.5 Å². The van der Waals surface area contributed by atoms with E-state index in [2.05, 4.69) is 15.3 Å². The minimum atomic E-state index is -0.474. The van der Waals surface area contributed by atoms with Gasteiger partial charge in [0.15, 0.2) is 4.34 Å². The van der Waals surface area contributed by atoms with Crippen molar-refractivity contribution >= 4 is 40.6 Å². The van der Waals surface area contributed by atoms with Crippen molar-refractivity contribution in [3.63, 3.8) is 0 Å². The minimum absolute atomic E-state index is 0.0367. The highest BCUT2D eigenvalue weighted by molar-refractivity contribution is 8.01. The molecule has 3 heterocycles. The summed E-state index contributed by atoms with van der Waals surface area (Å²) >= 11 is 2.64. The molecule has 2 amide bonds. The molecule has 176 valence electrons. The second-order valence-electron chi connectivity index (χ2n) is 7.94. The number of likely N-dealkylation sites (tertiary alicyclic amines) is 1. The molecule has 0 aliphatic carbocycles. The Morgan fingerprint density at radius 2 is 2.09 bits per heavy atom. The summed E-state index contributed by atoms with van der Waals surface area (Å²) in [5.41, 5.74) is 1.94. The molecule has 9 nitrogen and oxygen atoms in total. The molecule has 4 rings (SSSR count). The van der Waals surface area contributed by atoms with E-state index in [9.17, 15) is 19.7 Å². The van der Waals surface area contributed by atoms with Gasteiger partial charge in [0.1, 0.15) is 0 Å². The second-order valence-corrected chi connectivity index (χ2v) is 10.1. The number of nitrogens with zero attached hydrogens (tertiary/aromatic N) is 4. The number of nitrogens with one attached hydrogen (secondary N) is 1. The van der Waals surface area contributed by atoms with Crippen molar-refractivity contribution in [2.45, 2.75) is 35.5 Å². The van der Waals surface area contributed by atoms with Crippen LogP contribution in [-0.2, 0) is 11.3 Å². The fraction of sp³-hybridized carbons (Fsp3) is 0.304. The maximum atomic E-state index is 13.0. The van der Waals surface area contributed by atoms with E-state index in [-0.39, 0.29) is 29.0 Å². The predicted octanol–water partition coefficient (Wildman–Crippen LogP) is 4.07. The first-order chi connectivity index (χ1) is 16.4. The van der Waals surface area contributed by atoms with E-state index in [0.29, 0.717) is 41.7 Å². The number of piperidine rings is 1. The van der Waals surface area contributed by atoms with E-state index in [1.54, 1.807) is 29.4 Å². The lowest BCUT2D eigenvalue weighted by Crippen LogP contribution is -2.42. The minimum Gasteiger partial charge on any atom is -0.352 e. The van der Waals surface area contributed by atoms with Crippen LogP contribution in [0.25, 0.3) is 0 Å². The third-order valence-electron chi connectivity index (χ3n) is 5.54. The first kappa shape index (κ1) is 23.8. The lowest BCUT2D eigenvalue weighted by atomic mass is 9.95. The molecule has 11 heteroatoms. The third kappa shape index (κ3) is 5.78. The van der Waals surface area contributed by atoms with Gasteiger partial charge in [-0.25, -0.2) is 4.98 Å². The van der Waals surface area contributed by atoms with Gasteiger partial charge in [0.05, 0.1) is 9.82 Å². The average molecular weight is 498 g/mol. The van der Waals surface area contributed by atoms with Crippen LogP contribution in [0.2, 0.25) is 0 Å². The van der Waals surface area contributed by atoms with Crippen LogP contribution in [0.15, 0.2) is 57.3 Å². The number of aromatic nitrogens is 2. The summed E-state index contributed by atoms with van der Waals surface area (Å²) in [4.78, 5) is 47.2. The number of carbonyl (C=O) groups is 2. The molecular formula is C23H23N5O4S2. The van der Waals surface area contributed by atoms with Gasteiger partial charge in [0.2, 0.25) is 5.91 Å². The molecule has 1 aliphatic heterocycles. The number of aryl methyl sites for hydroxylation is 1. The first-order valence-corrected chi connectivity index (χ1v) is 12.4. The van der Waals surface area contributed by atoms with Gasteiger partial charge >= 0.3 is 0 Å². The van der Waals surface area contributed by atoms with Crippen molar-refractivity contribution in [1.82, 2.24) is 20.2 Å². The lowest BCUT2D eigenvalue weighted by molar-refractivity contribution is -0.387. The Kier molecular flexibility index (Phi) is 7.53. The molecule has 2 aromatic heterocycles. The van der Waals surface area contributed by atoms with Crippen LogP contribution in [0.3, 0.4) is 0 Å². The lowest BCUT2D eigenvalue weighted by Gasteiger charge is -2.31. The largest absolute Gasteiger partial charge is 0.352 e. The summed E-state index contributed by atoms with van der Waals surface area (Å²) in [5, 5.41) is 16.5. The van der Waals surface area contributed by atoms with Gasteiger partial charge < -0.3 is 10.2 Å². The second kappa shape index (κ2) is 10.7. The number of amides is 2. The Labute approximate surface area is 204 Å². The number of pyridine rings is 1. The van der Waals surface area contributed by atoms with Gasteiger partial charge in [-0.05, 0) is 43.5 Å². The smallest absolute Gasteiger partial charge is 0.284 e. The van der Waals surface area contributed by atoms with E-state index < -0.39 is 4.92 Å². The number of nitro benzene ring substituents is 1. The molecule has 1 saturated heterocycles. The van der Waals surface area contributed by atoms with Crippen LogP contribution >= 0.6 is 23.1 Å². The zero-order valence-corrected chi connectivity index (χ0v) is 20.1. The first-order valence-electron chi connectivity index (χ1n) is 10.7. The summed E-state index contributed by atoms with van der Waals surface area (Å²) in [5.74, 6) is -0.472. The number of nitro groups is 1. The van der Waals surface area contributed by atoms with Crippen molar-refractivity contribution in [3.05, 3.63) is 75.0 Å². The van der Waals surface area contributed by atoms with Crippen LogP contribution in [0.4, 0.5) is 5.69 Å². The average Bonchev–Trinajstić information content (AvgIpc) is 3.27. The maximum Gasteiger partial charge on any atom is 0.284 e. The van der Waals surface area contributed by atoms with Crippen molar-refractivity contribution in [1.29, 1.82) is 0 Å². The summed E-state index contributed by atoms with van der Waals surface area (Å²) in [6.45, 7) is 3.13. The molecule has 0 bridgehead atoms. The summed E-state index contributed by atoms with van der Waals surface area (Å²) in [6, 6.07) is 8.27.